The minimum absolute atomic E-state index is 0.234. The Morgan fingerprint density at radius 3 is 2.36 bits per heavy atom. The Hall–Kier alpha value is 0.160. The number of ether oxygens (including phenoxy) is 1. The van der Waals surface area contributed by atoms with Crippen LogP contribution >= 0.6 is 10.7 Å². The summed E-state index contributed by atoms with van der Waals surface area (Å²) in [5.41, 5.74) is 0. The average Bonchev–Trinajstić information content (AvgIpc) is 1.85. The van der Waals surface area contributed by atoms with E-state index in [1.807, 2.05) is 0 Å². The van der Waals surface area contributed by atoms with Crippen LogP contribution in [0.15, 0.2) is 0 Å². The largest absolute Gasteiger partial charge is 0.383 e. The van der Waals surface area contributed by atoms with Crippen LogP contribution in [0.5, 0.6) is 0 Å². The molecule has 68 valence electrons. The summed E-state index contributed by atoms with van der Waals surface area (Å²) in [6.45, 7) is 2.05. The minimum atomic E-state index is -3.60. The lowest BCUT2D eigenvalue weighted by atomic mass is 10.4. The lowest BCUT2D eigenvalue weighted by Gasteiger charge is -2.19. The highest BCUT2D eigenvalue weighted by atomic mass is 35.7. The minimum Gasteiger partial charge on any atom is -0.383 e. The standard InChI is InChI=1S/C5H12ClNO3S/c1-5(4-10-3)7(2)11(6,8)9/h5H,4H2,1-3H3. The van der Waals surface area contributed by atoms with Crippen molar-refractivity contribution in [2.24, 2.45) is 0 Å². The monoisotopic (exact) mass is 201 g/mol. The third-order valence-electron chi connectivity index (χ3n) is 1.37. The predicted octanol–water partition coefficient (Wildman–Crippen LogP) is 0.437. The van der Waals surface area contributed by atoms with Crippen LogP contribution in [-0.2, 0) is 14.0 Å². The first-order chi connectivity index (χ1) is 4.89. The first-order valence-electron chi connectivity index (χ1n) is 3.06. The fourth-order valence-electron chi connectivity index (χ4n) is 0.561. The smallest absolute Gasteiger partial charge is 0.299 e. The van der Waals surface area contributed by atoms with Crippen molar-refractivity contribution >= 4 is 19.9 Å². The summed E-state index contributed by atoms with van der Waals surface area (Å²) in [5, 5.41) is 0. The van der Waals surface area contributed by atoms with Gasteiger partial charge in [0.25, 0.3) is 9.24 Å². The molecule has 0 radical (unpaired) electrons. The molecule has 0 rings (SSSR count). The van der Waals surface area contributed by atoms with E-state index in [1.165, 1.54) is 14.2 Å². The van der Waals surface area contributed by atoms with E-state index in [0.29, 0.717) is 6.61 Å². The SMILES string of the molecule is COCC(C)N(C)S(=O)(=O)Cl. The van der Waals surface area contributed by atoms with E-state index in [-0.39, 0.29) is 6.04 Å². The van der Waals surface area contributed by atoms with E-state index < -0.39 is 9.24 Å². The topological polar surface area (TPSA) is 46.6 Å². The maximum absolute atomic E-state index is 10.7. The van der Waals surface area contributed by atoms with Gasteiger partial charge >= 0.3 is 0 Å². The number of likely N-dealkylation sites (N-methyl/N-ethyl adjacent to an activating group) is 1. The second-order valence-corrected chi connectivity index (χ2v) is 4.83. The van der Waals surface area contributed by atoms with Crippen molar-refractivity contribution < 1.29 is 13.2 Å². The van der Waals surface area contributed by atoms with E-state index in [1.54, 1.807) is 6.92 Å². The molecular formula is C5H12ClNO3S. The number of rotatable bonds is 4. The van der Waals surface area contributed by atoms with Crippen molar-refractivity contribution in [3.8, 4) is 0 Å². The van der Waals surface area contributed by atoms with Gasteiger partial charge < -0.3 is 4.74 Å². The van der Waals surface area contributed by atoms with Crippen molar-refractivity contribution in [2.75, 3.05) is 20.8 Å². The highest BCUT2D eigenvalue weighted by Crippen LogP contribution is 2.07. The summed E-state index contributed by atoms with van der Waals surface area (Å²) in [4.78, 5) is 0. The Labute approximate surface area is 71.6 Å². The molecule has 4 nitrogen and oxygen atoms in total. The quantitative estimate of drug-likeness (QED) is 0.620. The van der Waals surface area contributed by atoms with E-state index >= 15 is 0 Å². The van der Waals surface area contributed by atoms with Gasteiger partial charge in [-0.25, -0.2) is 0 Å². The molecule has 6 heteroatoms. The van der Waals surface area contributed by atoms with Crippen molar-refractivity contribution in [1.29, 1.82) is 0 Å². The molecule has 0 fully saturated rings. The van der Waals surface area contributed by atoms with Gasteiger partial charge in [-0.05, 0) is 6.92 Å². The molecule has 0 spiro atoms. The van der Waals surface area contributed by atoms with Crippen LogP contribution in [0.4, 0.5) is 0 Å². The van der Waals surface area contributed by atoms with Crippen molar-refractivity contribution in [2.45, 2.75) is 13.0 Å². The van der Waals surface area contributed by atoms with Gasteiger partial charge in [0, 0.05) is 30.9 Å². The summed E-state index contributed by atoms with van der Waals surface area (Å²) in [6, 6.07) is -0.234. The Kier molecular flexibility index (Phi) is 4.31. The van der Waals surface area contributed by atoms with Crippen LogP contribution in [0, 0.1) is 0 Å². The van der Waals surface area contributed by atoms with E-state index in [2.05, 4.69) is 0 Å². The average molecular weight is 202 g/mol. The number of nitrogens with zero attached hydrogens (tertiary/aromatic N) is 1. The molecule has 0 saturated heterocycles. The van der Waals surface area contributed by atoms with Gasteiger partial charge in [0.05, 0.1) is 6.61 Å². The van der Waals surface area contributed by atoms with E-state index in [4.69, 9.17) is 15.4 Å². The molecule has 11 heavy (non-hydrogen) atoms. The van der Waals surface area contributed by atoms with Crippen LogP contribution < -0.4 is 0 Å². The summed E-state index contributed by atoms with van der Waals surface area (Å²) < 4.78 is 27.2. The van der Waals surface area contributed by atoms with Gasteiger partial charge in [0.2, 0.25) is 0 Å². The van der Waals surface area contributed by atoms with Crippen LogP contribution in [0.1, 0.15) is 6.92 Å². The van der Waals surface area contributed by atoms with Gasteiger partial charge in [-0.1, -0.05) is 0 Å². The first-order valence-corrected chi connectivity index (χ1v) is 5.32. The summed E-state index contributed by atoms with van der Waals surface area (Å²) >= 11 is 0. The first kappa shape index (κ1) is 11.2. The van der Waals surface area contributed by atoms with Gasteiger partial charge in [-0.3, -0.25) is 0 Å². The Morgan fingerprint density at radius 2 is 2.09 bits per heavy atom. The summed E-state index contributed by atoms with van der Waals surface area (Å²) in [6.07, 6.45) is 0. The zero-order valence-corrected chi connectivity index (χ0v) is 8.32. The second kappa shape index (κ2) is 4.25. The molecule has 0 aromatic heterocycles. The van der Waals surface area contributed by atoms with E-state index in [0.717, 1.165) is 4.31 Å². The normalized spacial score (nSPS) is 15.4. The lowest BCUT2D eigenvalue weighted by Crippen LogP contribution is -2.34. The molecule has 1 atom stereocenters. The van der Waals surface area contributed by atoms with Gasteiger partial charge in [-0.15, -0.1) is 0 Å². The van der Waals surface area contributed by atoms with Crippen LogP contribution in [-0.4, -0.2) is 39.5 Å². The number of hydrogen-bond acceptors (Lipinski definition) is 3. The highest BCUT2D eigenvalue weighted by Gasteiger charge is 2.19. The number of methoxy groups -OCH3 is 1. The van der Waals surface area contributed by atoms with Gasteiger partial charge in [0.1, 0.15) is 0 Å². The molecule has 0 aromatic carbocycles. The van der Waals surface area contributed by atoms with E-state index in [9.17, 15) is 8.42 Å². The zero-order chi connectivity index (χ0) is 9.07. The highest BCUT2D eigenvalue weighted by molar-refractivity contribution is 8.11. The zero-order valence-electron chi connectivity index (χ0n) is 6.74. The van der Waals surface area contributed by atoms with Crippen molar-refractivity contribution in [3.63, 3.8) is 0 Å². The molecule has 0 heterocycles. The lowest BCUT2D eigenvalue weighted by molar-refractivity contribution is 0.150. The summed E-state index contributed by atoms with van der Waals surface area (Å²) in [5.74, 6) is 0. The second-order valence-electron chi connectivity index (χ2n) is 2.26. The molecule has 0 aliphatic rings. The molecule has 0 amide bonds. The third kappa shape index (κ3) is 3.91. The molecule has 0 saturated carbocycles. The Morgan fingerprint density at radius 1 is 1.64 bits per heavy atom. The predicted molar refractivity (Wildman–Crippen MR) is 43.9 cm³/mol. The fourth-order valence-corrected chi connectivity index (χ4v) is 1.46. The summed E-state index contributed by atoms with van der Waals surface area (Å²) in [7, 11) is 4.37. The fraction of sp³-hybridized carbons (Fsp3) is 1.00. The Bertz CT molecular complexity index is 204. The van der Waals surface area contributed by atoms with Crippen LogP contribution in [0.25, 0.3) is 0 Å². The van der Waals surface area contributed by atoms with Gasteiger partial charge in [0.15, 0.2) is 0 Å². The molecule has 0 aliphatic heterocycles. The molecule has 1 unspecified atom stereocenters. The molecule has 0 N–H and O–H groups in total. The van der Waals surface area contributed by atoms with Crippen LogP contribution in [0.3, 0.4) is 0 Å². The molecular weight excluding hydrogens is 190 g/mol. The molecule has 0 aromatic rings. The molecule has 0 bridgehead atoms. The third-order valence-corrected chi connectivity index (χ3v) is 3.07. The van der Waals surface area contributed by atoms with Gasteiger partial charge in [-0.2, -0.15) is 12.7 Å². The maximum Gasteiger partial charge on any atom is 0.299 e. The Balaban J connectivity index is 4.14. The maximum atomic E-state index is 10.7. The number of halogens is 1. The van der Waals surface area contributed by atoms with Crippen molar-refractivity contribution in [1.82, 2.24) is 4.31 Å². The number of hydrogen-bond donors (Lipinski definition) is 0. The van der Waals surface area contributed by atoms with Crippen LogP contribution in [0.2, 0.25) is 0 Å². The van der Waals surface area contributed by atoms with Crippen molar-refractivity contribution in [3.05, 3.63) is 0 Å². The molecule has 0 aliphatic carbocycles.